The van der Waals surface area contributed by atoms with Crippen LogP contribution in [-0.4, -0.2) is 10.7 Å². The Morgan fingerprint density at radius 3 is 2.95 bits per heavy atom. The maximum Gasteiger partial charge on any atom is 0.203 e. The second kappa shape index (κ2) is 5.89. The van der Waals surface area contributed by atoms with Gasteiger partial charge in [-0.05, 0) is 37.3 Å². The van der Waals surface area contributed by atoms with E-state index in [9.17, 15) is 8.78 Å². The van der Waals surface area contributed by atoms with Crippen LogP contribution in [0, 0.1) is 17.6 Å². The van der Waals surface area contributed by atoms with E-state index in [1.165, 1.54) is 29.9 Å². The number of hydrogen-bond donors (Lipinski definition) is 1. The lowest BCUT2D eigenvalue weighted by atomic mass is 10.1. The third-order valence-corrected chi connectivity index (χ3v) is 4.28. The Labute approximate surface area is 125 Å². The Morgan fingerprint density at radius 1 is 1.38 bits per heavy atom. The van der Waals surface area contributed by atoms with E-state index in [1.54, 1.807) is 5.38 Å². The lowest BCUT2D eigenvalue weighted by molar-refractivity contribution is 0.585. The average Bonchev–Trinajstić information content (AvgIpc) is 3.05. The minimum Gasteiger partial charge on any atom is -0.253 e. The number of nitrogens with zero attached hydrogens (tertiary/aromatic N) is 2. The molecule has 21 heavy (non-hydrogen) atoms. The van der Waals surface area contributed by atoms with Crippen LogP contribution < -0.4 is 5.43 Å². The predicted octanol–water partition coefficient (Wildman–Crippen LogP) is 4.68. The van der Waals surface area contributed by atoms with Crippen LogP contribution in [0.3, 0.4) is 0 Å². The zero-order valence-electron chi connectivity index (χ0n) is 11.6. The molecule has 1 aromatic carbocycles. The van der Waals surface area contributed by atoms with Gasteiger partial charge in [0.2, 0.25) is 5.13 Å². The van der Waals surface area contributed by atoms with E-state index in [2.05, 4.69) is 22.4 Å². The maximum absolute atomic E-state index is 13.7. The first-order valence-electron chi connectivity index (χ1n) is 6.84. The first-order valence-corrected chi connectivity index (χ1v) is 7.72. The van der Waals surface area contributed by atoms with Crippen LogP contribution >= 0.6 is 11.3 Å². The summed E-state index contributed by atoms with van der Waals surface area (Å²) in [6.07, 6.45) is 3.20. The first kappa shape index (κ1) is 14.1. The summed E-state index contributed by atoms with van der Waals surface area (Å²) in [5, 5.41) is 6.69. The Morgan fingerprint density at radius 2 is 2.24 bits per heavy atom. The number of halogens is 2. The molecule has 1 saturated carbocycles. The van der Waals surface area contributed by atoms with Crippen molar-refractivity contribution in [1.82, 2.24) is 4.98 Å². The van der Waals surface area contributed by atoms with Crippen molar-refractivity contribution < 1.29 is 8.78 Å². The molecule has 1 atom stereocenters. The normalized spacial score (nSPS) is 20.1. The van der Waals surface area contributed by atoms with Gasteiger partial charge in [-0.2, -0.15) is 5.10 Å². The first-order chi connectivity index (χ1) is 10.1. The number of hydrazone groups is 1. The van der Waals surface area contributed by atoms with Crippen molar-refractivity contribution in [1.29, 1.82) is 0 Å². The monoisotopic (exact) mass is 307 g/mol. The highest BCUT2D eigenvalue weighted by Crippen LogP contribution is 2.28. The molecule has 0 radical (unpaired) electrons. The fraction of sp³-hybridized carbons (Fsp3) is 0.333. The summed E-state index contributed by atoms with van der Waals surface area (Å²) in [5.41, 5.74) is 4.85. The van der Waals surface area contributed by atoms with E-state index >= 15 is 0 Å². The van der Waals surface area contributed by atoms with Gasteiger partial charge in [-0.1, -0.05) is 6.92 Å². The molecule has 3 rings (SSSR count). The smallest absolute Gasteiger partial charge is 0.203 e. The molecule has 1 aliphatic carbocycles. The van der Waals surface area contributed by atoms with Crippen molar-refractivity contribution in [3.63, 3.8) is 0 Å². The summed E-state index contributed by atoms with van der Waals surface area (Å²) < 4.78 is 26.6. The maximum atomic E-state index is 13.7. The van der Waals surface area contributed by atoms with Crippen LogP contribution in [0.5, 0.6) is 0 Å². The standard InChI is InChI=1S/C15H15F2N3S/c1-9-2-4-11(6-9)19-20-15-18-14(8-21-15)12-5-3-10(16)7-13(12)17/h3,5,7-9H,2,4,6H2,1H3,(H,18,20)/t9-/m1/s1. The highest BCUT2D eigenvalue weighted by atomic mass is 32.1. The largest absolute Gasteiger partial charge is 0.253 e. The zero-order chi connectivity index (χ0) is 14.8. The fourth-order valence-corrected chi connectivity index (χ4v) is 3.05. The second-order valence-electron chi connectivity index (χ2n) is 5.30. The summed E-state index contributed by atoms with van der Waals surface area (Å²) >= 11 is 1.35. The molecule has 0 bridgehead atoms. The predicted molar refractivity (Wildman–Crippen MR) is 81.5 cm³/mol. The molecule has 1 N–H and O–H groups in total. The topological polar surface area (TPSA) is 37.3 Å². The van der Waals surface area contributed by atoms with E-state index in [4.69, 9.17) is 0 Å². The lowest BCUT2D eigenvalue weighted by Crippen LogP contribution is -1.97. The van der Waals surface area contributed by atoms with Gasteiger partial charge in [0.25, 0.3) is 0 Å². The van der Waals surface area contributed by atoms with Crippen LogP contribution in [0.4, 0.5) is 13.9 Å². The Bertz CT molecular complexity index is 681. The van der Waals surface area contributed by atoms with Crippen LogP contribution in [-0.2, 0) is 0 Å². The number of aromatic nitrogens is 1. The van der Waals surface area contributed by atoms with Crippen molar-refractivity contribution in [2.75, 3.05) is 5.43 Å². The number of anilines is 1. The summed E-state index contributed by atoms with van der Waals surface area (Å²) in [4.78, 5) is 4.29. The molecule has 0 amide bonds. The zero-order valence-corrected chi connectivity index (χ0v) is 12.4. The van der Waals surface area contributed by atoms with Crippen LogP contribution in [0.15, 0.2) is 28.7 Å². The summed E-state index contributed by atoms with van der Waals surface area (Å²) in [6.45, 7) is 2.21. The van der Waals surface area contributed by atoms with Crippen molar-refractivity contribution in [2.24, 2.45) is 11.0 Å². The van der Waals surface area contributed by atoms with Crippen molar-refractivity contribution in [3.8, 4) is 11.3 Å². The van der Waals surface area contributed by atoms with Gasteiger partial charge < -0.3 is 0 Å². The quantitative estimate of drug-likeness (QED) is 0.836. The van der Waals surface area contributed by atoms with E-state index in [1.807, 2.05) is 0 Å². The third kappa shape index (κ3) is 3.26. The molecule has 1 aromatic heterocycles. The number of hydrogen-bond acceptors (Lipinski definition) is 4. The van der Waals surface area contributed by atoms with Gasteiger partial charge >= 0.3 is 0 Å². The molecular weight excluding hydrogens is 292 g/mol. The Kier molecular flexibility index (Phi) is 3.96. The second-order valence-corrected chi connectivity index (χ2v) is 6.16. The molecule has 1 heterocycles. The molecule has 110 valence electrons. The van der Waals surface area contributed by atoms with Gasteiger partial charge in [-0.3, -0.25) is 5.43 Å². The van der Waals surface area contributed by atoms with Crippen LogP contribution in [0.25, 0.3) is 11.3 Å². The molecule has 1 fully saturated rings. The van der Waals surface area contributed by atoms with Gasteiger partial charge in [0.15, 0.2) is 0 Å². The van der Waals surface area contributed by atoms with Gasteiger partial charge in [-0.25, -0.2) is 13.8 Å². The molecule has 3 nitrogen and oxygen atoms in total. The molecule has 2 aromatic rings. The van der Waals surface area contributed by atoms with Crippen molar-refractivity contribution in [2.45, 2.75) is 26.2 Å². The molecule has 0 spiro atoms. The number of benzene rings is 1. The minimum atomic E-state index is -0.609. The summed E-state index contributed by atoms with van der Waals surface area (Å²) in [7, 11) is 0. The number of thiazole rings is 1. The molecule has 1 aliphatic rings. The summed E-state index contributed by atoms with van der Waals surface area (Å²) in [6, 6.07) is 3.49. The van der Waals surface area contributed by atoms with Gasteiger partial charge in [0.05, 0.1) is 5.69 Å². The van der Waals surface area contributed by atoms with Gasteiger partial charge in [-0.15, -0.1) is 11.3 Å². The Balaban J connectivity index is 1.74. The van der Waals surface area contributed by atoms with E-state index in [-0.39, 0.29) is 0 Å². The number of nitrogens with one attached hydrogen (secondary N) is 1. The molecule has 0 aliphatic heterocycles. The van der Waals surface area contributed by atoms with Gasteiger partial charge in [0, 0.05) is 22.7 Å². The Hall–Kier alpha value is -1.82. The van der Waals surface area contributed by atoms with Crippen molar-refractivity contribution >= 4 is 22.2 Å². The molecule has 6 heteroatoms. The fourth-order valence-electron chi connectivity index (χ4n) is 2.39. The van der Waals surface area contributed by atoms with Gasteiger partial charge in [0.1, 0.15) is 11.6 Å². The van der Waals surface area contributed by atoms with Crippen LogP contribution in [0.2, 0.25) is 0 Å². The third-order valence-electron chi connectivity index (χ3n) is 3.53. The highest BCUT2D eigenvalue weighted by Gasteiger charge is 2.16. The summed E-state index contributed by atoms with van der Waals surface area (Å²) in [5.74, 6) is -0.514. The number of rotatable bonds is 3. The minimum absolute atomic E-state index is 0.294. The SMILES string of the molecule is C[C@@H]1CCC(=NNc2nc(-c3ccc(F)cc3F)cs2)C1. The highest BCUT2D eigenvalue weighted by molar-refractivity contribution is 7.14. The lowest BCUT2D eigenvalue weighted by Gasteiger charge is -1.99. The van der Waals surface area contributed by atoms with Crippen LogP contribution in [0.1, 0.15) is 26.2 Å². The molecule has 0 unspecified atom stereocenters. The van der Waals surface area contributed by atoms with E-state index in [0.29, 0.717) is 22.3 Å². The van der Waals surface area contributed by atoms with Crippen molar-refractivity contribution in [3.05, 3.63) is 35.2 Å². The molecular formula is C15H15F2N3S. The van der Waals surface area contributed by atoms with E-state index < -0.39 is 11.6 Å². The average molecular weight is 307 g/mol. The molecule has 0 saturated heterocycles. The van der Waals surface area contributed by atoms with E-state index in [0.717, 1.165) is 24.6 Å².